The Morgan fingerprint density at radius 3 is 2.53 bits per heavy atom. The molecule has 0 radical (unpaired) electrons. The zero-order valence-electron chi connectivity index (χ0n) is 9.58. The third-order valence-corrected chi connectivity index (χ3v) is 1.99. The third kappa shape index (κ3) is 6.71. The van der Waals surface area contributed by atoms with Crippen molar-refractivity contribution in [2.45, 2.75) is 26.7 Å². The van der Waals surface area contributed by atoms with Crippen LogP contribution in [0.1, 0.15) is 26.7 Å². The number of nitrogens with one attached hydrogen (secondary N) is 1. The van der Waals surface area contributed by atoms with Gasteiger partial charge in [0.15, 0.2) is 0 Å². The van der Waals surface area contributed by atoms with E-state index in [1.807, 2.05) is 6.92 Å². The molecule has 1 N–H and O–H groups in total. The Labute approximate surface area is 91.3 Å². The number of carbonyl (C=O) groups excluding carboxylic acids is 2. The van der Waals surface area contributed by atoms with Crippen LogP contribution in [0.2, 0.25) is 0 Å². The lowest BCUT2D eigenvalue weighted by molar-refractivity contribution is -0.129. The predicted molar refractivity (Wildman–Crippen MR) is 60.4 cm³/mol. The van der Waals surface area contributed by atoms with E-state index in [9.17, 15) is 9.59 Å². The van der Waals surface area contributed by atoms with Gasteiger partial charge in [0.05, 0.1) is 0 Å². The molecule has 0 atom stereocenters. The highest BCUT2D eigenvalue weighted by molar-refractivity contribution is 5.78. The fourth-order valence-electron chi connectivity index (χ4n) is 1.21. The number of carbonyl (C=O) groups is 2. The van der Waals surface area contributed by atoms with Crippen molar-refractivity contribution < 1.29 is 9.59 Å². The molecule has 0 rings (SSSR count). The molecule has 0 saturated carbocycles. The number of nitrogens with zero attached hydrogens (tertiary/aromatic N) is 1. The summed E-state index contributed by atoms with van der Waals surface area (Å²) in [5, 5.41) is 2.67. The van der Waals surface area contributed by atoms with E-state index < -0.39 is 0 Å². The van der Waals surface area contributed by atoms with Crippen LogP contribution in [0, 0.1) is 0 Å². The minimum atomic E-state index is -0.0442. The van der Waals surface area contributed by atoms with Gasteiger partial charge in [0.1, 0.15) is 0 Å². The summed E-state index contributed by atoms with van der Waals surface area (Å²) in [6.07, 6.45) is 2.90. The van der Waals surface area contributed by atoms with Gasteiger partial charge in [0.2, 0.25) is 11.8 Å². The monoisotopic (exact) mass is 212 g/mol. The first-order valence-corrected chi connectivity index (χ1v) is 5.25. The van der Waals surface area contributed by atoms with E-state index in [-0.39, 0.29) is 11.8 Å². The Hall–Kier alpha value is -1.32. The van der Waals surface area contributed by atoms with Gasteiger partial charge in [-0.05, 0) is 6.42 Å². The second-order valence-electron chi connectivity index (χ2n) is 3.35. The fourth-order valence-corrected chi connectivity index (χ4v) is 1.21. The van der Waals surface area contributed by atoms with Gasteiger partial charge >= 0.3 is 0 Å². The van der Waals surface area contributed by atoms with Crippen molar-refractivity contribution in [3.05, 3.63) is 12.7 Å². The van der Waals surface area contributed by atoms with Crippen LogP contribution >= 0.6 is 0 Å². The smallest absolute Gasteiger partial charge is 0.222 e. The quantitative estimate of drug-likeness (QED) is 0.638. The zero-order chi connectivity index (χ0) is 11.7. The molecule has 4 nitrogen and oxygen atoms in total. The summed E-state index contributed by atoms with van der Waals surface area (Å²) in [5.41, 5.74) is 0. The van der Waals surface area contributed by atoms with E-state index >= 15 is 0 Å². The van der Waals surface area contributed by atoms with Crippen LogP contribution in [-0.2, 0) is 9.59 Å². The van der Waals surface area contributed by atoms with E-state index in [2.05, 4.69) is 11.9 Å². The van der Waals surface area contributed by atoms with E-state index in [0.717, 1.165) is 6.42 Å². The van der Waals surface area contributed by atoms with Crippen molar-refractivity contribution in [2.75, 3.05) is 19.6 Å². The zero-order valence-corrected chi connectivity index (χ0v) is 9.58. The molecule has 0 bridgehead atoms. The first kappa shape index (κ1) is 13.7. The van der Waals surface area contributed by atoms with Crippen molar-refractivity contribution >= 4 is 11.8 Å². The first-order valence-electron chi connectivity index (χ1n) is 5.25. The molecule has 0 heterocycles. The van der Waals surface area contributed by atoms with Crippen LogP contribution in [0.15, 0.2) is 12.7 Å². The molecule has 0 aromatic heterocycles. The molecular weight excluding hydrogens is 192 g/mol. The number of amides is 2. The van der Waals surface area contributed by atoms with Gasteiger partial charge in [0.25, 0.3) is 0 Å². The number of rotatable bonds is 7. The van der Waals surface area contributed by atoms with Crippen molar-refractivity contribution in [1.29, 1.82) is 0 Å². The van der Waals surface area contributed by atoms with Gasteiger partial charge in [0, 0.05) is 33.0 Å². The molecule has 86 valence electrons. The Morgan fingerprint density at radius 2 is 2.07 bits per heavy atom. The SMILES string of the molecule is C=CCNC(=O)CCN(CCC)C(C)=O. The summed E-state index contributed by atoms with van der Waals surface area (Å²) in [4.78, 5) is 24.1. The summed E-state index contributed by atoms with van der Waals surface area (Å²) >= 11 is 0. The highest BCUT2D eigenvalue weighted by atomic mass is 16.2. The Kier molecular flexibility index (Phi) is 7.32. The first-order chi connectivity index (χ1) is 7.11. The maximum Gasteiger partial charge on any atom is 0.222 e. The molecule has 0 aliphatic heterocycles. The Bertz CT molecular complexity index is 227. The molecule has 2 amide bonds. The predicted octanol–water partition coefficient (Wildman–Crippen LogP) is 0.937. The van der Waals surface area contributed by atoms with Crippen LogP contribution in [0.5, 0.6) is 0 Å². The largest absolute Gasteiger partial charge is 0.353 e. The molecule has 4 heteroatoms. The highest BCUT2D eigenvalue weighted by Crippen LogP contribution is 1.95. The van der Waals surface area contributed by atoms with Crippen LogP contribution in [0.25, 0.3) is 0 Å². The summed E-state index contributed by atoms with van der Waals surface area (Å²) in [7, 11) is 0. The molecule has 0 aliphatic rings. The lowest BCUT2D eigenvalue weighted by Crippen LogP contribution is -2.34. The summed E-state index contributed by atoms with van der Waals surface area (Å²) in [6.45, 7) is 8.72. The maximum absolute atomic E-state index is 11.2. The van der Waals surface area contributed by atoms with Gasteiger partial charge in [-0.25, -0.2) is 0 Å². The van der Waals surface area contributed by atoms with Crippen molar-refractivity contribution in [1.82, 2.24) is 10.2 Å². The average molecular weight is 212 g/mol. The van der Waals surface area contributed by atoms with Gasteiger partial charge in [-0.2, -0.15) is 0 Å². The van der Waals surface area contributed by atoms with E-state index in [0.29, 0.717) is 26.1 Å². The second-order valence-corrected chi connectivity index (χ2v) is 3.35. The molecule has 15 heavy (non-hydrogen) atoms. The Balaban J connectivity index is 3.82. The third-order valence-electron chi connectivity index (χ3n) is 1.99. The van der Waals surface area contributed by atoms with Crippen molar-refractivity contribution in [3.8, 4) is 0 Å². The lowest BCUT2D eigenvalue weighted by Gasteiger charge is -2.19. The second kappa shape index (κ2) is 8.03. The van der Waals surface area contributed by atoms with E-state index in [1.165, 1.54) is 6.92 Å². The molecule has 0 aromatic carbocycles. The summed E-state index contributed by atoms with van der Waals surface area (Å²) in [6, 6.07) is 0. The number of hydrogen-bond acceptors (Lipinski definition) is 2. The molecule has 0 fully saturated rings. The van der Waals surface area contributed by atoms with Gasteiger partial charge < -0.3 is 10.2 Å². The van der Waals surface area contributed by atoms with Crippen molar-refractivity contribution in [2.24, 2.45) is 0 Å². The van der Waals surface area contributed by atoms with E-state index in [4.69, 9.17) is 0 Å². The lowest BCUT2D eigenvalue weighted by atomic mass is 10.3. The molecule has 0 unspecified atom stereocenters. The normalized spacial score (nSPS) is 9.47. The molecule has 0 aromatic rings. The molecule has 0 spiro atoms. The van der Waals surface area contributed by atoms with Crippen LogP contribution in [0.4, 0.5) is 0 Å². The van der Waals surface area contributed by atoms with Crippen LogP contribution < -0.4 is 5.32 Å². The molecule has 0 saturated heterocycles. The molecule has 0 aliphatic carbocycles. The van der Waals surface area contributed by atoms with Gasteiger partial charge in [-0.1, -0.05) is 13.0 Å². The van der Waals surface area contributed by atoms with Crippen LogP contribution in [0.3, 0.4) is 0 Å². The minimum absolute atomic E-state index is 0.0216. The maximum atomic E-state index is 11.2. The summed E-state index contributed by atoms with van der Waals surface area (Å²) in [5.74, 6) is -0.0226. The average Bonchev–Trinajstić information content (AvgIpc) is 2.20. The summed E-state index contributed by atoms with van der Waals surface area (Å²) < 4.78 is 0. The number of hydrogen-bond donors (Lipinski definition) is 1. The van der Waals surface area contributed by atoms with E-state index in [1.54, 1.807) is 11.0 Å². The van der Waals surface area contributed by atoms with Crippen LogP contribution in [-0.4, -0.2) is 36.3 Å². The minimum Gasteiger partial charge on any atom is -0.353 e. The fraction of sp³-hybridized carbons (Fsp3) is 0.636. The Morgan fingerprint density at radius 1 is 1.40 bits per heavy atom. The highest BCUT2D eigenvalue weighted by Gasteiger charge is 2.09. The topological polar surface area (TPSA) is 49.4 Å². The van der Waals surface area contributed by atoms with Crippen molar-refractivity contribution in [3.63, 3.8) is 0 Å². The standard InChI is InChI=1S/C11H20N2O2/c1-4-7-12-11(15)6-9-13(8-5-2)10(3)14/h4H,1,5-9H2,2-3H3,(H,12,15). The van der Waals surface area contributed by atoms with Gasteiger partial charge in [-0.15, -0.1) is 6.58 Å². The van der Waals surface area contributed by atoms with Gasteiger partial charge in [-0.3, -0.25) is 9.59 Å². The molecular formula is C11H20N2O2.